The average molecular weight is 436 g/mol. The average Bonchev–Trinajstić information content (AvgIpc) is 3.20. The predicted molar refractivity (Wildman–Crippen MR) is 122 cm³/mol. The van der Waals surface area contributed by atoms with E-state index in [0.717, 1.165) is 32.5 Å². The van der Waals surface area contributed by atoms with Crippen LogP contribution in [0.4, 0.5) is 9.93 Å². The smallest absolute Gasteiger partial charge is 0.321 e. The molecule has 8 nitrogen and oxygen atoms in total. The Morgan fingerprint density at radius 3 is 2.29 bits per heavy atom. The van der Waals surface area contributed by atoms with Crippen LogP contribution in [0.3, 0.4) is 0 Å². The summed E-state index contributed by atoms with van der Waals surface area (Å²) >= 11 is 1.41. The molecule has 2 N–H and O–H groups in total. The second-order valence-electron chi connectivity index (χ2n) is 6.60. The minimum Gasteiger partial charge on any atom is -0.495 e. The third-order valence-electron chi connectivity index (χ3n) is 4.59. The molecule has 0 spiro atoms. The molecular formula is C22H21N5O3S. The van der Waals surface area contributed by atoms with E-state index in [2.05, 4.69) is 31.7 Å². The summed E-state index contributed by atoms with van der Waals surface area (Å²) in [5.74, 6) is 1.32. The van der Waals surface area contributed by atoms with Gasteiger partial charge in [0.1, 0.15) is 11.5 Å². The number of carbonyl (C=O) groups is 1. The monoisotopic (exact) mass is 435 g/mol. The maximum absolute atomic E-state index is 12.0. The van der Waals surface area contributed by atoms with Crippen LogP contribution in [0.15, 0.2) is 49.1 Å². The lowest BCUT2D eigenvalue weighted by Crippen LogP contribution is -2.28. The van der Waals surface area contributed by atoms with Crippen molar-refractivity contribution in [2.24, 2.45) is 0 Å². The Morgan fingerprint density at radius 1 is 0.935 bits per heavy atom. The molecule has 0 fully saturated rings. The number of aromatic nitrogens is 3. The van der Waals surface area contributed by atoms with E-state index in [9.17, 15) is 4.79 Å². The number of rotatable bonds is 6. The SMILES string of the molecule is CCNC(=O)Nc1nc2cc(-c3cncc(OC)c3)cc(-c3cncc(OC)c3)c2s1. The number of amides is 2. The fourth-order valence-corrected chi connectivity index (χ4v) is 4.11. The Morgan fingerprint density at radius 2 is 1.61 bits per heavy atom. The summed E-state index contributed by atoms with van der Waals surface area (Å²) in [5, 5.41) is 6.03. The summed E-state index contributed by atoms with van der Waals surface area (Å²) in [5.41, 5.74) is 4.39. The van der Waals surface area contributed by atoms with E-state index >= 15 is 0 Å². The lowest BCUT2D eigenvalue weighted by atomic mass is 10.00. The number of ether oxygens (including phenoxy) is 2. The second-order valence-corrected chi connectivity index (χ2v) is 7.60. The van der Waals surface area contributed by atoms with Crippen LogP contribution >= 0.6 is 11.3 Å². The Labute approximate surface area is 183 Å². The molecule has 0 aliphatic heterocycles. The van der Waals surface area contributed by atoms with E-state index in [1.54, 1.807) is 39.0 Å². The zero-order chi connectivity index (χ0) is 21.8. The zero-order valence-electron chi connectivity index (χ0n) is 17.3. The minimum absolute atomic E-state index is 0.289. The summed E-state index contributed by atoms with van der Waals surface area (Å²) < 4.78 is 11.6. The fraction of sp³-hybridized carbons (Fsp3) is 0.182. The van der Waals surface area contributed by atoms with Crippen LogP contribution in [-0.2, 0) is 0 Å². The summed E-state index contributed by atoms with van der Waals surface area (Å²) in [6.07, 6.45) is 6.87. The number of thiazole rings is 1. The highest BCUT2D eigenvalue weighted by atomic mass is 32.1. The number of anilines is 1. The van der Waals surface area contributed by atoms with Gasteiger partial charge in [0, 0.05) is 35.6 Å². The molecule has 0 aliphatic rings. The topological polar surface area (TPSA) is 98.3 Å². The summed E-state index contributed by atoms with van der Waals surface area (Å²) in [7, 11) is 3.22. The fourth-order valence-electron chi connectivity index (χ4n) is 3.14. The maximum Gasteiger partial charge on any atom is 0.321 e. The third kappa shape index (κ3) is 4.41. The molecule has 31 heavy (non-hydrogen) atoms. The van der Waals surface area contributed by atoms with Crippen molar-refractivity contribution in [2.75, 3.05) is 26.1 Å². The summed E-state index contributed by atoms with van der Waals surface area (Å²) in [6, 6.07) is 7.59. The maximum atomic E-state index is 12.0. The predicted octanol–water partition coefficient (Wildman–Crippen LogP) is 4.58. The number of hydrogen-bond donors (Lipinski definition) is 2. The van der Waals surface area contributed by atoms with Gasteiger partial charge >= 0.3 is 6.03 Å². The standard InChI is InChI=1S/C22H21N5O3S/c1-4-25-21(28)27-22-26-19-8-13(14-5-16(29-2)11-23-9-14)7-18(20(19)31-22)15-6-17(30-3)12-24-10-15/h5-12H,4H2,1-3H3,(H2,25,26,27,28). The molecule has 9 heteroatoms. The second kappa shape index (κ2) is 8.97. The highest BCUT2D eigenvalue weighted by Gasteiger charge is 2.15. The first-order chi connectivity index (χ1) is 15.1. The van der Waals surface area contributed by atoms with Gasteiger partial charge in [-0.25, -0.2) is 9.78 Å². The van der Waals surface area contributed by atoms with E-state index in [0.29, 0.717) is 23.2 Å². The number of benzene rings is 1. The van der Waals surface area contributed by atoms with E-state index < -0.39 is 0 Å². The normalized spacial score (nSPS) is 10.7. The van der Waals surface area contributed by atoms with Gasteiger partial charge in [-0.2, -0.15) is 0 Å². The molecule has 0 unspecified atom stereocenters. The van der Waals surface area contributed by atoms with Crippen LogP contribution in [0, 0.1) is 0 Å². The van der Waals surface area contributed by atoms with Crippen LogP contribution in [0.5, 0.6) is 11.5 Å². The quantitative estimate of drug-likeness (QED) is 0.460. The number of methoxy groups -OCH3 is 2. The van der Waals surface area contributed by atoms with Gasteiger partial charge in [0.15, 0.2) is 5.13 Å². The Kier molecular flexibility index (Phi) is 5.94. The number of fused-ring (bicyclic) bond motifs is 1. The molecule has 3 heterocycles. The minimum atomic E-state index is -0.289. The summed E-state index contributed by atoms with van der Waals surface area (Å²) in [4.78, 5) is 25.2. The van der Waals surface area contributed by atoms with Gasteiger partial charge < -0.3 is 14.8 Å². The number of nitrogens with one attached hydrogen (secondary N) is 2. The van der Waals surface area contributed by atoms with Crippen molar-refractivity contribution in [2.45, 2.75) is 6.92 Å². The largest absolute Gasteiger partial charge is 0.495 e. The van der Waals surface area contributed by atoms with Crippen LogP contribution in [-0.4, -0.2) is 41.7 Å². The zero-order valence-corrected chi connectivity index (χ0v) is 18.1. The molecule has 3 aromatic heterocycles. The Balaban J connectivity index is 1.88. The molecule has 2 amide bonds. The number of carbonyl (C=O) groups excluding carboxylic acids is 1. The Hall–Kier alpha value is -3.72. The van der Waals surface area contributed by atoms with Crippen molar-refractivity contribution in [1.29, 1.82) is 0 Å². The van der Waals surface area contributed by atoms with Gasteiger partial charge in [-0.15, -0.1) is 0 Å². The first-order valence-corrected chi connectivity index (χ1v) is 10.4. The Bertz CT molecular complexity index is 1240. The van der Waals surface area contributed by atoms with Gasteiger partial charge in [-0.05, 0) is 36.8 Å². The lowest BCUT2D eigenvalue weighted by molar-refractivity contribution is 0.252. The number of hydrogen-bond acceptors (Lipinski definition) is 7. The molecule has 0 saturated heterocycles. The van der Waals surface area contributed by atoms with Crippen molar-refractivity contribution < 1.29 is 14.3 Å². The first kappa shape index (κ1) is 20.5. The molecule has 0 aliphatic carbocycles. The summed E-state index contributed by atoms with van der Waals surface area (Å²) in [6.45, 7) is 2.39. The van der Waals surface area contributed by atoms with Crippen LogP contribution in [0.25, 0.3) is 32.5 Å². The van der Waals surface area contributed by atoms with Gasteiger partial charge in [0.2, 0.25) is 0 Å². The van der Waals surface area contributed by atoms with Crippen LogP contribution < -0.4 is 20.1 Å². The third-order valence-corrected chi connectivity index (χ3v) is 5.61. The molecule has 0 radical (unpaired) electrons. The number of pyridine rings is 2. The highest BCUT2D eigenvalue weighted by Crippen LogP contribution is 2.39. The van der Waals surface area contributed by atoms with E-state index in [1.165, 1.54) is 11.3 Å². The molecule has 1 aromatic carbocycles. The van der Waals surface area contributed by atoms with E-state index in [1.807, 2.05) is 25.1 Å². The van der Waals surface area contributed by atoms with Crippen molar-refractivity contribution >= 4 is 32.7 Å². The molecule has 158 valence electrons. The molecule has 4 rings (SSSR count). The molecule has 4 aromatic rings. The first-order valence-electron chi connectivity index (χ1n) is 9.59. The van der Waals surface area contributed by atoms with E-state index in [-0.39, 0.29) is 6.03 Å². The number of nitrogens with zero attached hydrogens (tertiary/aromatic N) is 3. The van der Waals surface area contributed by atoms with Crippen molar-refractivity contribution in [1.82, 2.24) is 20.3 Å². The van der Waals surface area contributed by atoms with E-state index in [4.69, 9.17) is 9.47 Å². The van der Waals surface area contributed by atoms with Crippen molar-refractivity contribution in [3.63, 3.8) is 0 Å². The molecule has 0 bridgehead atoms. The van der Waals surface area contributed by atoms with Gasteiger partial charge in [0.05, 0.1) is 36.8 Å². The van der Waals surface area contributed by atoms with Gasteiger partial charge in [0.25, 0.3) is 0 Å². The van der Waals surface area contributed by atoms with Gasteiger partial charge in [-0.1, -0.05) is 11.3 Å². The van der Waals surface area contributed by atoms with Gasteiger partial charge in [-0.3, -0.25) is 15.3 Å². The van der Waals surface area contributed by atoms with Crippen LogP contribution in [0.1, 0.15) is 6.92 Å². The van der Waals surface area contributed by atoms with Crippen molar-refractivity contribution in [3.8, 4) is 33.8 Å². The lowest BCUT2D eigenvalue weighted by Gasteiger charge is -2.09. The molecule has 0 saturated carbocycles. The number of urea groups is 1. The van der Waals surface area contributed by atoms with Crippen molar-refractivity contribution in [3.05, 3.63) is 49.1 Å². The highest BCUT2D eigenvalue weighted by molar-refractivity contribution is 7.22. The molecular weight excluding hydrogens is 414 g/mol. The molecule has 0 atom stereocenters. The van der Waals surface area contributed by atoms with Crippen LogP contribution in [0.2, 0.25) is 0 Å².